The van der Waals surface area contributed by atoms with E-state index < -0.39 is 85.7 Å². The SMILES string of the molecule is O=C(O)CCC(NC(=O)C(CO)NC(=O)C(CC(=O)O)NC(=O)C1CCCN1)C(=O)O. The van der Waals surface area contributed by atoms with E-state index in [9.17, 15) is 33.9 Å². The van der Waals surface area contributed by atoms with E-state index in [0.29, 0.717) is 13.0 Å². The smallest absolute Gasteiger partial charge is 0.326 e. The Morgan fingerprint density at radius 2 is 1.48 bits per heavy atom. The van der Waals surface area contributed by atoms with Crippen LogP contribution in [0.3, 0.4) is 0 Å². The van der Waals surface area contributed by atoms with E-state index in [1.165, 1.54) is 0 Å². The van der Waals surface area contributed by atoms with Gasteiger partial charge < -0.3 is 41.7 Å². The third-order valence-electron chi connectivity index (χ3n) is 4.47. The molecule has 174 valence electrons. The van der Waals surface area contributed by atoms with Gasteiger partial charge in [0.1, 0.15) is 18.1 Å². The van der Waals surface area contributed by atoms with E-state index in [0.717, 1.165) is 6.42 Å². The molecule has 0 saturated carbocycles. The number of aliphatic carboxylic acids is 3. The number of hydrogen-bond acceptors (Lipinski definition) is 8. The second kappa shape index (κ2) is 12.4. The van der Waals surface area contributed by atoms with Crippen molar-refractivity contribution in [2.45, 2.75) is 56.3 Å². The van der Waals surface area contributed by atoms with Gasteiger partial charge in [0.05, 0.1) is 19.1 Å². The number of carbonyl (C=O) groups is 6. The zero-order chi connectivity index (χ0) is 23.6. The van der Waals surface area contributed by atoms with Crippen LogP contribution in [-0.4, -0.2) is 93.4 Å². The molecule has 4 unspecified atom stereocenters. The highest BCUT2D eigenvalue weighted by molar-refractivity contribution is 5.95. The lowest BCUT2D eigenvalue weighted by Crippen LogP contribution is -2.58. The van der Waals surface area contributed by atoms with Crippen molar-refractivity contribution in [3.8, 4) is 0 Å². The minimum absolute atomic E-state index is 0.436. The van der Waals surface area contributed by atoms with Crippen molar-refractivity contribution in [1.82, 2.24) is 21.3 Å². The first-order valence-corrected chi connectivity index (χ1v) is 9.46. The van der Waals surface area contributed by atoms with Crippen molar-refractivity contribution in [3.05, 3.63) is 0 Å². The maximum atomic E-state index is 12.4. The lowest BCUT2D eigenvalue weighted by atomic mass is 10.1. The normalized spacial score (nSPS) is 18.3. The van der Waals surface area contributed by atoms with Gasteiger partial charge in [-0.2, -0.15) is 0 Å². The third kappa shape index (κ3) is 8.96. The van der Waals surface area contributed by atoms with Crippen LogP contribution in [0.5, 0.6) is 0 Å². The molecule has 1 saturated heterocycles. The third-order valence-corrected chi connectivity index (χ3v) is 4.47. The zero-order valence-corrected chi connectivity index (χ0v) is 16.5. The monoisotopic (exact) mass is 446 g/mol. The molecule has 0 aliphatic carbocycles. The molecular weight excluding hydrogens is 420 g/mol. The molecule has 1 aliphatic rings. The fraction of sp³-hybridized carbons (Fsp3) is 0.647. The number of carboxylic acids is 3. The molecular formula is C17H26N4O10. The number of hydrogen-bond donors (Lipinski definition) is 8. The molecule has 1 aliphatic heterocycles. The molecule has 0 spiro atoms. The molecule has 31 heavy (non-hydrogen) atoms. The Kier molecular flexibility index (Phi) is 10.3. The zero-order valence-electron chi connectivity index (χ0n) is 16.5. The van der Waals surface area contributed by atoms with Crippen LogP contribution >= 0.6 is 0 Å². The first-order chi connectivity index (χ1) is 14.5. The van der Waals surface area contributed by atoms with Crippen molar-refractivity contribution in [2.24, 2.45) is 0 Å². The highest BCUT2D eigenvalue weighted by Gasteiger charge is 2.32. The summed E-state index contributed by atoms with van der Waals surface area (Å²) in [5, 5.41) is 45.4. The summed E-state index contributed by atoms with van der Waals surface area (Å²) < 4.78 is 0. The van der Waals surface area contributed by atoms with Gasteiger partial charge >= 0.3 is 17.9 Å². The van der Waals surface area contributed by atoms with Crippen molar-refractivity contribution in [2.75, 3.05) is 13.2 Å². The Bertz CT molecular complexity index is 707. The van der Waals surface area contributed by atoms with Crippen LogP contribution in [0.1, 0.15) is 32.1 Å². The van der Waals surface area contributed by atoms with Crippen molar-refractivity contribution < 1.29 is 49.2 Å². The van der Waals surface area contributed by atoms with Crippen LogP contribution in [0, 0.1) is 0 Å². The molecule has 0 aromatic carbocycles. The summed E-state index contributed by atoms with van der Waals surface area (Å²) in [7, 11) is 0. The summed E-state index contributed by atoms with van der Waals surface area (Å²) in [6, 6.07) is -5.38. The van der Waals surface area contributed by atoms with Crippen LogP contribution in [0.15, 0.2) is 0 Å². The predicted octanol–water partition coefficient (Wildman–Crippen LogP) is -3.39. The first-order valence-electron chi connectivity index (χ1n) is 9.46. The van der Waals surface area contributed by atoms with Gasteiger partial charge in [0, 0.05) is 6.42 Å². The number of carboxylic acid groups (broad SMARTS) is 3. The lowest BCUT2D eigenvalue weighted by molar-refractivity contribution is -0.144. The highest BCUT2D eigenvalue weighted by atomic mass is 16.4. The lowest BCUT2D eigenvalue weighted by Gasteiger charge is -2.23. The number of nitrogens with one attached hydrogen (secondary N) is 4. The molecule has 8 N–H and O–H groups in total. The van der Waals surface area contributed by atoms with Gasteiger partial charge in [-0.3, -0.25) is 24.0 Å². The molecule has 0 bridgehead atoms. The van der Waals surface area contributed by atoms with E-state index in [1.807, 2.05) is 5.32 Å². The van der Waals surface area contributed by atoms with E-state index >= 15 is 0 Å². The molecule has 0 radical (unpaired) electrons. The fourth-order valence-electron chi connectivity index (χ4n) is 2.83. The molecule has 0 aromatic heterocycles. The Labute approximate surface area is 176 Å². The minimum atomic E-state index is -1.66. The summed E-state index contributed by atoms with van der Waals surface area (Å²) in [4.78, 5) is 69.7. The Morgan fingerprint density at radius 3 is 1.97 bits per heavy atom. The quantitative estimate of drug-likeness (QED) is 0.139. The summed E-state index contributed by atoms with van der Waals surface area (Å²) >= 11 is 0. The first kappa shape index (κ1) is 25.8. The second-order valence-electron chi connectivity index (χ2n) is 6.88. The number of amides is 3. The number of aliphatic hydroxyl groups is 1. The molecule has 14 heteroatoms. The van der Waals surface area contributed by atoms with Gasteiger partial charge in [0.25, 0.3) is 0 Å². The number of carbonyl (C=O) groups excluding carboxylic acids is 3. The average Bonchev–Trinajstić information content (AvgIpc) is 3.22. The topological polar surface area (TPSA) is 231 Å². The van der Waals surface area contributed by atoms with Gasteiger partial charge in [-0.15, -0.1) is 0 Å². The summed E-state index contributed by atoms with van der Waals surface area (Å²) in [5.41, 5.74) is 0. The van der Waals surface area contributed by atoms with Crippen LogP contribution in [-0.2, 0) is 28.8 Å². The summed E-state index contributed by atoms with van der Waals surface area (Å²) in [6.45, 7) is -0.367. The maximum Gasteiger partial charge on any atom is 0.326 e. The predicted molar refractivity (Wildman–Crippen MR) is 101 cm³/mol. The van der Waals surface area contributed by atoms with Crippen molar-refractivity contribution >= 4 is 35.6 Å². The van der Waals surface area contributed by atoms with Crippen LogP contribution in [0.2, 0.25) is 0 Å². The second-order valence-corrected chi connectivity index (χ2v) is 6.88. The van der Waals surface area contributed by atoms with E-state index in [1.54, 1.807) is 0 Å². The summed E-state index contributed by atoms with van der Waals surface area (Å²) in [6.07, 6.45) is -0.542. The minimum Gasteiger partial charge on any atom is -0.481 e. The van der Waals surface area contributed by atoms with Crippen molar-refractivity contribution in [3.63, 3.8) is 0 Å². The fourth-order valence-corrected chi connectivity index (χ4v) is 2.83. The van der Waals surface area contributed by atoms with Gasteiger partial charge in [0.2, 0.25) is 17.7 Å². The van der Waals surface area contributed by atoms with Gasteiger partial charge in [-0.1, -0.05) is 0 Å². The number of rotatable bonds is 13. The highest BCUT2D eigenvalue weighted by Crippen LogP contribution is 2.06. The Hall–Kier alpha value is -3.26. The average molecular weight is 446 g/mol. The van der Waals surface area contributed by atoms with Gasteiger partial charge in [-0.25, -0.2) is 4.79 Å². The largest absolute Gasteiger partial charge is 0.481 e. The maximum absolute atomic E-state index is 12.4. The molecule has 14 nitrogen and oxygen atoms in total. The van der Waals surface area contributed by atoms with Gasteiger partial charge in [0.15, 0.2) is 0 Å². The standard InChI is InChI=1S/C17H26N4O10/c22-7-11(16(29)19-9(17(30)31)3-4-12(23)24)21-15(28)10(6-13(25)26)20-14(27)8-2-1-5-18-8/h8-11,18,22H,1-7H2,(H,19,29)(H,20,27)(H,21,28)(H,23,24)(H,25,26)(H,30,31). The van der Waals surface area contributed by atoms with Crippen molar-refractivity contribution in [1.29, 1.82) is 0 Å². The molecule has 1 heterocycles. The van der Waals surface area contributed by atoms with Crippen LogP contribution < -0.4 is 21.3 Å². The molecule has 1 fully saturated rings. The molecule has 0 aromatic rings. The molecule has 4 atom stereocenters. The molecule has 1 rings (SSSR count). The van der Waals surface area contributed by atoms with Crippen LogP contribution in [0.25, 0.3) is 0 Å². The molecule has 3 amide bonds. The Balaban J connectivity index is 2.78. The Morgan fingerprint density at radius 1 is 0.871 bits per heavy atom. The van der Waals surface area contributed by atoms with E-state index in [-0.39, 0.29) is 0 Å². The van der Waals surface area contributed by atoms with Crippen LogP contribution in [0.4, 0.5) is 0 Å². The summed E-state index contributed by atoms with van der Waals surface area (Å²) in [5.74, 6) is -6.98. The van der Waals surface area contributed by atoms with E-state index in [2.05, 4.69) is 16.0 Å². The van der Waals surface area contributed by atoms with E-state index in [4.69, 9.17) is 15.3 Å². The number of aliphatic hydroxyl groups excluding tert-OH is 1. The van der Waals surface area contributed by atoms with Gasteiger partial charge in [-0.05, 0) is 25.8 Å².